The van der Waals surface area contributed by atoms with E-state index in [1.54, 1.807) is 19.1 Å². The maximum Gasteiger partial charge on any atom is 0.257 e. The molecule has 1 aliphatic rings. The lowest BCUT2D eigenvalue weighted by Gasteiger charge is -2.20. The molecule has 5 rings (SSSR count). The first-order valence-corrected chi connectivity index (χ1v) is 9.98. The Hall–Kier alpha value is -3.61. The number of amides is 1. The molecule has 0 atom stereocenters. The number of aromatic nitrogens is 3. The predicted octanol–water partition coefficient (Wildman–Crippen LogP) is 4.48. The van der Waals surface area contributed by atoms with Gasteiger partial charge in [-0.25, -0.2) is 14.4 Å². The number of hydrogen-bond donors (Lipinski definition) is 1. The largest absolute Gasteiger partial charge is 0.354 e. The van der Waals surface area contributed by atoms with Gasteiger partial charge in [-0.3, -0.25) is 9.78 Å². The van der Waals surface area contributed by atoms with Crippen molar-refractivity contribution in [2.24, 2.45) is 0 Å². The van der Waals surface area contributed by atoms with Crippen molar-refractivity contribution in [1.82, 2.24) is 15.0 Å². The Balaban J connectivity index is 1.59. The normalized spacial score (nSPS) is 13.9. The van der Waals surface area contributed by atoms with Gasteiger partial charge in [0, 0.05) is 30.2 Å². The van der Waals surface area contributed by atoms with Crippen molar-refractivity contribution < 1.29 is 9.18 Å². The van der Waals surface area contributed by atoms with Crippen LogP contribution in [-0.4, -0.2) is 33.9 Å². The van der Waals surface area contributed by atoms with Crippen LogP contribution in [0.15, 0.2) is 48.5 Å². The van der Waals surface area contributed by atoms with Gasteiger partial charge in [-0.2, -0.15) is 0 Å². The zero-order chi connectivity index (χ0) is 20.7. The van der Waals surface area contributed by atoms with Crippen molar-refractivity contribution in [3.8, 4) is 0 Å². The van der Waals surface area contributed by atoms with Crippen LogP contribution in [0.3, 0.4) is 0 Å². The molecule has 7 heteroatoms. The standard InChI is InChI=1S/C23H20FN5O/c1-14-12-17(16-9-8-15(24)13-20(16)25-14)23(30)28-21-22(29-10-4-5-11-29)27-19-7-3-2-6-18(19)26-21/h2-3,6-9,12-13H,4-5,10-11H2,1H3,(H,26,28,30). The quantitative estimate of drug-likeness (QED) is 0.548. The Bertz CT molecular complexity index is 1280. The highest BCUT2D eigenvalue weighted by atomic mass is 19.1. The fourth-order valence-corrected chi connectivity index (χ4v) is 3.92. The van der Waals surface area contributed by atoms with Crippen LogP contribution >= 0.6 is 0 Å². The van der Waals surface area contributed by atoms with Gasteiger partial charge in [0.1, 0.15) is 5.82 Å². The fraction of sp³-hybridized carbons (Fsp3) is 0.217. The highest BCUT2D eigenvalue weighted by molar-refractivity contribution is 6.13. The predicted molar refractivity (Wildman–Crippen MR) is 115 cm³/mol. The minimum Gasteiger partial charge on any atom is -0.354 e. The van der Waals surface area contributed by atoms with Crippen LogP contribution in [0.1, 0.15) is 28.9 Å². The monoisotopic (exact) mass is 401 g/mol. The zero-order valence-electron chi connectivity index (χ0n) is 16.5. The van der Waals surface area contributed by atoms with Crippen LogP contribution in [0.5, 0.6) is 0 Å². The number of aryl methyl sites for hydroxylation is 1. The molecule has 0 bridgehead atoms. The molecule has 150 valence electrons. The second kappa shape index (κ2) is 7.33. The molecule has 1 saturated heterocycles. The Morgan fingerprint density at radius 3 is 2.47 bits per heavy atom. The van der Waals surface area contributed by atoms with E-state index in [0.717, 1.165) is 31.4 Å². The van der Waals surface area contributed by atoms with E-state index in [0.29, 0.717) is 39.3 Å². The molecule has 2 aromatic carbocycles. The third kappa shape index (κ3) is 3.32. The number of rotatable bonds is 3. The Morgan fingerprint density at radius 1 is 0.967 bits per heavy atom. The van der Waals surface area contributed by atoms with Crippen molar-refractivity contribution in [3.63, 3.8) is 0 Å². The van der Waals surface area contributed by atoms with E-state index in [9.17, 15) is 9.18 Å². The summed E-state index contributed by atoms with van der Waals surface area (Å²) < 4.78 is 13.7. The van der Waals surface area contributed by atoms with E-state index in [-0.39, 0.29) is 11.7 Å². The van der Waals surface area contributed by atoms with Crippen LogP contribution in [0, 0.1) is 12.7 Å². The maximum absolute atomic E-state index is 13.7. The molecule has 1 fully saturated rings. The first-order chi connectivity index (χ1) is 14.6. The van der Waals surface area contributed by atoms with E-state index >= 15 is 0 Å². The molecular weight excluding hydrogens is 381 g/mol. The third-order valence-corrected chi connectivity index (χ3v) is 5.33. The molecule has 3 heterocycles. The summed E-state index contributed by atoms with van der Waals surface area (Å²) >= 11 is 0. The average molecular weight is 401 g/mol. The van der Waals surface area contributed by atoms with Gasteiger partial charge >= 0.3 is 0 Å². The van der Waals surface area contributed by atoms with E-state index in [2.05, 4.69) is 15.2 Å². The number of nitrogens with zero attached hydrogens (tertiary/aromatic N) is 4. The molecular formula is C23H20FN5O. The van der Waals surface area contributed by atoms with E-state index in [4.69, 9.17) is 9.97 Å². The molecule has 0 spiro atoms. The first kappa shape index (κ1) is 18.4. The highest BCUT2D eigenvalue weighted by Crippen LogP contribution is 2.29. The maximum atomic E-state index is 13.7. The summed E-state index contributed by atoms with van der Waals surface area (Å²) in [5.41, 5.74) is 3.03. The van der Waals surface area contributed by atoms with Gasteiger partial charge in [0.25, 0.3) is 5.91 Å². The Labute approximate surface area is 172 Å². The Morgan fingerprint density at radius 2 is 1.70 bits per heavy atom. The molecule has 1 amide bonds. The molecule has 0 saturated carbocycles. The van der Waals surface area contributed by atoms with Gasteiger partial charge in [-0.1, -0.05) is 12.1 Å². The summed E-state index contributed by atoms with van der Waals surface area (Å²) in [7, 11) is 0. The molecule has 0 aliphatic carbocycles. The molecule has 0 unspecified atom stereocenters. The number of para-hydroxylation sites is 2. The fourth-order valence-electron chi connectivity index (χ4n) is 3.92. The number of pyridine rings is 1. The van der Waals surface area contributed by atoms with Crippen LogP contribution in [0.4, 0.5) is 16.0 Å². The van der Waals surface area contributed by atoms with Crippen molar-refractivity contribution in [2.45, 2.75) is 19.8 Å². The smallest absolute Gasteiger partial charge is 0.257 e. The summed E-state index contributed by atoms with van der Waals surface area (Å²) in [5, 5.41) is 3.55. The molecule has 6 nitrogen and oxygen atoms in total. The second-order valence-electron chi connectivity index (χ2n) is 7.51. The van der Waals surface area contributed by atoms with Crippen LogP contribution in [0.25, 0.3) is 21.9 Å². The number of hydrogen-bond acceptors (Lipinski definition) is 5. The van der Waals surface area contributed by atoms with Gasteiger partial charge in [-0.05, 0) is 50.1 Å². The number of fused-ring (bicyclic) bond motifs is 2. The van der Waals surface area contributed by atoms with Gasteiger partial charge in [-0.15, -0.1) is 0 Å². The van der Waals surface area contributed by atoms with E-state index in [1.165, 1.54) is 12.1 Å². The van der Waals surface area contributed by atoms with Gasteiger partial charge in [0.15, 0.2) is 11.6 Å². The lowest BCUT2D eigenvalue weighted by molar-refractivity contribution is 0.102. The number of nitrogens with one attached hydrogen (secondary N) is 1. The molecule has 2 aromatic heterocycles. The van der Waals surface area contributed by atoms with Gasteiger partial charge < -0.3 is 10.2 Å². The SMILES string of the molecule is Cc1cc(C(=O)Nc2nc3ccccc3nc2N2CCCC2)c2ccc(F)cc2n1. The lowest BCUT2D eigenvalue weighted by Crippen LogP contribution is -2.23. The minimum absolute atomic E-state index is 0.317. The number of halogens is 1. The van der Waals surface area contributed by atoms with Crippen LogP contribution < -0.4 is 10.2 Å². The van der Waals surface area contributed by atoms with Crippen molar-refractivity contribution in [2.75, 3.05) is 23.3 Å². The topological polar surface area (TPSA) is 71.0 Å². The average Bonchev–Trinajstić information content (AvgIpc) is 3.27. The van der Waals surface area contributed by atoms with Crippen molar-refractivity contribution in [3.05, 3.63) is 65.6 Å². The van der Waals surface area contributed by atoms with Crippen molar-refractivity contribution in [1.29, 1.82) is 0 Å². The lowest BCUT2D eigenvalue weighted by atomic mass is 10.1. The summed E-state index contributed by atoms with van der Waals surface area (Å²) in [6.45, 7) is 3.55. The number of benzene rings is 2. The molecule has 30 heavy (non-hydrogen) atoms. The zero-order valence-corrected chi connectivity index (χ0v) is 16.5. The van der Waals surface area contributed by atoms with Gasteiger partial charge in [0.2, 0.25) is 0 Å². The molecule has 1 N–H and O–H groups in total. The Kier molecular flexibility index (Phi) is 4.50. The van der Waals surface area contributed by atoms with Gasteiger partial charge in [0.05, 0.1) is 22.1 Å². The minimum atomic E-state index is -0.385. The number of anilines is 2. The summed E-state index contributed by atoms with van der Waals surface area (Å²) in [4.78, 5) is 29.2. The summed E-state index contributed by atoms with van der Waals surface area (Å²) in [5.74, 6) is 0.414. The summed E-state index contributed by atoms with van der Waals surface area (Å²) in [6, 6.07) is 13.6. The number of carbonyl (C=O) groups is 1. The second-order valence-corrected chi connectivity index (χ2v) is 7.51. The van der Waals surface area contributed by atoms with Crippen LogP contribution in [0.2, 0.25) is 0 Å². The van der Waals surface area contributed by atoms with Crippen molar-refractivity contribution >= 4 is 39.5 Å². The molecule has 4 aromatic rings. The van der Waals surface area contributed by atoms with E-state index in [1.807, 2.05) is 24.3 Å². The molecule has 1 aliphatic heterocycles. The summed E-state index contributed by atoms with van der Waals surface area (Å²) in [6.07, 6.45) is 2.17. The third-order valence-electron chi connectivity index (χ3n) is 5.33. The number of carbonyl (C=O) groups excluding carboxylic acids is 1. The molecule has 0 radical (unpaired) electrons. The van der Waals surface area contributed by atoms with E-state index < -0.39 is 0 Å². The highest BCUT2D eigenvalue weighted by Gasteiger charge is 2.22. The van der Waals surface area contributed by atoms with Crippen LogP contribution in [-0.2, 0) is 0 Å². The first-order valence-electron chi connectivity index (χ1n) is 9.98.